The molecule has 4 atom stereocenters. The maximum atomic E-state index is 11.7. The van der Waals surface area contributed by atoms with Gasteiger partial charge in [-0.15, -0.1) is 6.58 Å². The van der Waals surface area contributed by atoms with Crippen LogP contribution in [0.5, 0.6) is 0 Å². The molecule has 0 aromatic heterocycles. The van der Waals surface area contributed by atoms with Gasteiger partial charge in [-0.05, 0) is 19.3 Å². The monoisotopic (exact) mass is 399 g/mol. The fourth-order valence-electron chi connectivity index (χ4n) is 2.90. The lowest BCUT2D eigenvalue weighted by Gasteiger charge is -2.39. The van der Waals surface area contributed by atoms with Crippen molar-refractivity contribution in [2.45, 2.75) is 83.9 Å². The van der Waals surface area contributed by atoms with Crippen LogP contribution in [0.2, 0.25) is 0 Å². The average molecular weight is 399 g/mol. The number of carbonyl (C=O) groups excluding carboxylic acids is 3. The second-order valence-electron chi connectivity index (χ2n) is 6.75. The molecule has 1 aliphatic heterocycles. The number of esters is 2. The Morgan fingerprint density at radius 2 is 1.86 bits per heavy atom. The first-order chi connectivity index (χ1) is 13.4. The van der Waals surface area contributed by atoms with E-state index in [9.17, 15) is 14.4 Å². The Hall–Kier alpha value is -1.93. The highest BCUT2D eigenvalue weighted by atomic mass is 16.7. The summed E-state index contributed by atoms with van der Waals surface area (Å²) in [5, 5.41) is 2.88. The lowest BCUT2D eigenvalue weighted by molar-refractivity contribution is -0.249. The first kappa shape index (κ1) is 24.1. The lowest BCUT2D eigenvalue weighted by atomic mass is 10.0. The molecule has 0 aromatic rings. The Balaban J connectivity index is 2.42. The smallest absolute Gasteiger partial charge is 0.303 e. The second kappa shape index (κ2) is 13.3. The topological polar surface area (TPSA) is 100 Å². The molecule has 160 valence electrons. The van der Waals surface area contributed by atoms with Crippen molar-refractivity contribution in [2.24, 2.45) is 0 Å². The molecule has 28 heavy (non-hydrogen) atoms. The predicted octanol–water partition coefficient (Wildman–Crippen LogP) is 2.25. The van der Waals surface area contributed by atoms with E-state index in [2.05, 4.69) is 18.8 Å². The van der Waals surface area contributed by atoms with Gasteiger partial charge in [0.1, 0.15) is 12.2 Å². The van der Waals surface area contributed by atoms with Gasteiger partial charge in [-0.2, -0.15) is 0 Å². The molecule has 1 heterocycles. The minimum absolute atomic E-state index is 0.0493. The maximum Gasteiger partial charge on any atom is 0.303 e. The van der Waals surface area contributed by atoms with Gasteiger partial charge in [-0.1, -0.05) is 19.4 Å². The van der Waals surface area contributed by atoms with E-state index in [-0.39, 0.29) is 12.3 Å². The van der Waals surface area contributed by atoms with E-state index < -0.39 is 36.5 Å². The molecule has 0 spiro atoms. The number of carbonyl (C=O) groups is 3. The molecule has 8 heteroatoms. The van der Waals surface area contributed by atoms with Crippen molar-refractivity contribution in [3.63, 3.8) is 0 Å². The highest BCUT2D eigenvalue weighted by molar-refractivity contribution is 5.75. The van der Waals surface area contributed by atoms with Crippen molar-refractivity contribution in [2.75, 3.05) is 13.2 Å². The first-order valence-electron chi connectivity index (χ1n) is 9.88. The molecule has 0 saturated carbocycles. The van der Waals surface area contributed by atoms with Gasteiger partial charge in [0.05, 0.1) is 0 Å². The van der Waals surface area contributed by atoms with Crippen molar-refractivity contribution < 1.29 is 33.3 Å². The highest BCUT2D eigenvalue weighted by Crippen LogP contribution is 2.27. The maximum absolute atomic E-state index is 11.7. The Labute approximate surface area is 166 Å². The molecule has 1 fully saturated rings. The highest BCUT2D eigenvalue weighted by Gasteiger charge is 2.42. The third-order valence-electron chi connectivity index (χ3n) is 4.23. The van der Waals surface area contributed by atoms with Crippen LogP contribution < -0.4 is 5.32 Å². The van der Waals surface area contributed by atoms with Gasteiger partial charge in [0.2, 0.25) is 5.91 Å². The average Bonchev–Trinajstić information content (AvgIpc) is 2.62. The van der Waals surface area contributed by atoms with E-state index in [0.717, 1.165) is 12.8 Å². The molecule has 1 saturated heterocycles. The molecule has 0 bridgehead atoms. The Bertz CT molecular complexity index is 523. The van der Waals surface area contributed by atoms with Gasteiger partial charge in [-0.25, -0.2) is 0 Å². The summed E-state index contributed by atoms with van der Waals surface area (Å²) < 4.78 is 22.0. The zero-order chi connectivity index (χ0) is 20.9. The van der Waals surface area contributed by atoms with Gasteiger partial charge >= 0.3 is 11.9 Å². The first-order valence-corrected chi connectivity index (χ1v) is 9.88. The summed E-state index contributed by atoms with van der Waals surface area (Å²) in [6, 6.07) is 0. The van der Waals surface area contributed by atoms with Crippen LogP contribution in [0.3, 0.4) is 0 Å². The molecular weight excluding hydrogens is 366 g/mol. The van der Waals surface area contributed by atoms with Gasteiger partial charge in [0.25, 0.3) is 0 Å². The molecule has 8 nitrogen and oxygen atoms in total. The Morgan fingerprint density at radius 3 is 2.46 bits per heavy atom. The number of hydrogen-bond acceptors (Lipinski definition) is 7. The molecule has 0 aromatic carbocycles. The SMILES string of the molecule is C=C[C@H]1O[C@@H](OCCCCC(=O)NCCCC)C[C@@H](OC(C)=O)[C@H]1OC(C)=O. The van der Waals surface area contributed by atoms with E-state index in [0.29, 0.717) is 32.4 Å². The molecular formula is C20H33NO7. The van der Waals surface area contributed by atoms with Gasteiger partial charge < -0.3 is 24.3 Å². The Morgan fingerprint density at radius 1 is 1.14 bits per heavy atom. The number of nitrogens with one attached hydrogen (secondary N) is 1. The van der Waals surface area contributed by atoms with Crippen LogP contribution in [-0.4, -0.2) is 55.6 Å². The Kier molecular flexibility index (Phi) is 11.4. The second-order valence-corrected chi connectivity index (χ2v) is 6.75. The number of amides is 1. The molecule has 0 unspecified atom stereocenters. The minimum Gasteiger partial charge on any atom is -0.458 e. The zero-order valence-corrected chi connectivity index (χ0v) is 17.1. The van der Waals surface area contributed by atoms with Crippen molar-refractivity contribution in [3.05, 3.63) is 12.7 Å². The third kappa shape index (κ3) is 9.32. The van der Waals surface area contributed by atoms with Crippen LogP contribution in [0.4, 0.5) is 0 Å². The number of hydrogen-bond donors (Lipinski definition) is 1. The van der Waals surface area contributed by atoms with Crippen molar-refractivity contribution in [1.29, 1.82) is 0 Å². The summed E-state index contributed by atoms with van der Waals surface area (Å²) in [6.45, 7) is 9.47. The van der Waals surface area contributed by atoms with E-state index in [1.54, 1.807) is 0 Å². The zero-order valence-electron chi connectivity index (χ0n) is 17.1. The van der Waals surface area contributed by atoms with Crippen molar-refractivity contribution >= 4 is 17.8 Å². The summed E-state index contributed by atoms with van der Waals surface area (Å²) in [7, 11) is 0. The molecule has 1 amide bonds. The third-order valence-corrected chi connectivity index (χ3v) is 4.23. The summed E-state index contributed by atoms with van der Waals surface area (Å²) in [4.78, 5) is 34.4. The van der Waals surface area contributed by atoms with Crippen molar-refractivity contribution in [1.82, 2.24) is 5.32 Å². The van der Waals surface area contributed by atoms with Crippen LogP contribution in [0.1, 0.15) is 59.3 Å². The normalized spacial score (nSPS) is 24.2. The van der Waals surface area contributed by atoms with Crippen LogP contribution in [-0.2, 0) is 33.3 Å². The standard InChI is InChI=1S/C20H33NO7/c1-5-7-11-21-18(24)10-8-9-12-25-19-13-17(26-14(3)22)20(27-15(4)23)16(6-2)28-19/h6,16-17,19-20H,2,5,7-13H2,1,3-4H3,(H,21,24)/t16-,17-,19-,20+/m1/s1. The molecule has 0 aliphatic carbocycles. The fraction of sp³-hybridized carbons (Fsp3) is 0.750. The summed E-state index contributed by atoms with van der Waals surface area (Å²) in [5.41, 5.74) is 0. The minimum atomic E-state index is -0.759. The summed E-state index contributed by atoms with van der Waals surface area (Å²) >= 11 is 0. The summed E-state index contributed by atoms with van der Waals surface area (Å²) in [5.74, 6) is -0.915. The van der Waals surface area contributed by atoms with E-state index in [1.807, 2.05) is 0 Å². The van der Waals surface area contributed by atoms with Crippen LogP contribution in [0.15, 0.2) is 12.7 Å². The van der Waals surface area contributed by atoms with Gasteiger partial charge in [-0.3, -0.25) is 14.4 Å². The molecule has 1 rings (SSSR count). The summed E-state index contributed by atoms with van der Waals surface area (Å²) in [6.07, 6.45) is 2.96. The van der Waals surface area contributed by atoms with E-state index >= 15 is 0 Å². The van der Waals surface area contributed by atoms with Gasteiger partial charge in [0, 0.05) is 39.8 Å². The quantitative estimate of drug-likeness (QED) is 0.305. The van der Waals surface area contributed by atoms with E-state index in [1.165, 1.54) is 19.9 Å². The predicted molar refractivity (Wildman–Crippen MR) is 102 cm³/mol. The largest absolute Gasteiger partial charge is 0.458 e. The van der Waals surface area contributed by atoms with Crippen molar-refractivity contribution in [3.8, 4) is 0 Å². The number of rotatable bonds is 12. The molecule has 1 aliphatic rings. The number of unbranched alkanes of at least 4 members (excludes halogenated alkanes) is 2. The number of ether oxygens (including phenoxy) is 4. The van der Waals surface area contributed by atoms with Crippen LogP contribution in [0.25, 0.3) is 0 Å². The van der Waals surface area contributed by atoms with Crippen LogP contribution >= 0.6 is 0 Å². The molecule has 1 N–H and O–H groups in total. The van der Waals surface area contributed by atoms with Crippen LogP contribution in [0, 0.1) is 0 Å². The van der Waals surface area contributed by atoms with Gasteiger partial charge in [0.15, 0.2) is 12.4 Å². The molecule has 0 radical (unpaired) electrons. The van der Waals surface area contributed by atoms with E-state index in [4.69, 9.17) is 18.9 Å². The fourth-order valence-corrected chi connectivity index (χ4v) is 2.90. The lowest BCUT2D eigenvalue weighted by Crippen LogP contribution is -2.51.